The highest BCUT2D eigenvalue weighted by Gasteiger charge is 2.48. The summed E-state index contributed by atoms with van der Waals surface area (Å²) >= 11 is 3.37. The van der Waals surface area contributed by atoms with E-state index in [1.807, 2.05) is 18.2 Å². The highest BCUT2D eigenvalue weighted by atomic mass is 79.9. The molecule has 1 aliphatic carbocycles. The summed E-state index contributed by atoms with van der Waals surface area (Å²) < 4.78 is 6.10. The van der Waals surface area contributed by atoms with Crippen LogP contribution >= 0.6 is 15.9 Å². The number of hydrogen-bond donors (Lipinski definition) is 2. The molecule has 2 rings (SSSR count). The summed E-state index contributed by atoms with van der Waals surface area (Å²) in [7, 11) is 1.58. The smallest absolute Gasteiger partial charge is 0.231 e. The molecule has 1 aromatic rings. The van der Waals surface area contributed by atoms with E-state index in [9.17, 15) is 4.79 Å². The van der Waals surface area contributed by atoms with Crippen molar-refractivity contribution in [1.29, 1.82) is 0 Å². The van der Waals surface area contributed by atoms with Crippen molar-refractivity contribution in [3.63, 3.8) is 0 Å². The third-order valence-corrected chi connectivity index (χ3v) is 3.63. The molecule has 1 amide bonds. The number of carbonyl (C=O) groups is 1. The molecule has 1 aliphatic rings. The maximum Gasteiger partial charge on any atom is 0.231 e. The molecule has 0 aliphatic heterocycles. The Hall–Kier alpha value is -1.07. The molecule has 0 aromatic heterocycles. The van der Waals surface area contributed by atoms with Crippen molar-refractivity contribution >= 4 is 27.5 Å². The molecule has 4 nitrogen and oxygen atoms in total. The molecular weight excluding hydrogens is 284 g/mol. The van der Waals surface area contributed by atoms with E-state index in [-0.39, 0.29) is 11.3 Å². The van der Waals surface area contributed by atoms with Gasteiger partial charge < -0.3 is 15.8 Å². The van der Waals surface area contributed by atoms with Gasteiger partial charge >= 0.3 is 0 Å². The summed E-state index contributed by atoms with van der Waals surface area (Å²) in [6, 6.07) is 5.50. The average molecular weight is 299 g/mol. The molecule has 1 saturated carbocycles. The van der Waals surface area contributed by atoms with Gasteiger partial charge in [0.05, 0.1) is 18.2 Å². The third kappa shape index (κ3) is 2.45. The molecule has 3 N–H and O–H groups in total. The molecular formula is C12H15BrN2O2. The quantitative estimate of drug-likeness (QED) is 0.895. The fourth-order valence-corrected chi connectivity index (χ4v) is 2.07. The van der Waals surface area contributed by atoms with Gasteiger partial charge in [0, 0.05) is 11.0 Å². The normalized spacial score (nSPS) is 16.4. The van der Waals surface area contributed by atoms with E-state index in [1.54, 1.807) is 7.11 Å². The van der Waals surface area contributed by atoms with Crippen LogP contribution < -0.4 is 15.8 Å². The first-order chi connectivity index (χ1) is 8.11. The second-order valence-corrected chi connectivity index (χ2v) is 5.20. The molecule has 0 spiro atoms. The van der Waals surface area contributed by atoms with Crippen molar-refractivity contribution < 1.29 is 9.53 Å². The lowest BCUT2D eigenvalue weighted by Gasteiger charge is -2.15. The van der Waals surface area contributed by atoms with E-state index in [0.29, 0.717) is 18.0 Å². The van der Waals surface area contributed by atoms with Gasteiger partial charge in [-0.3, -0.25) is 4.79 Å². The van der Waals surface area contributed by atoms with Gasteiger partial charge in [-0.05, 0) is 31.0 Å². The van der Waals surface area contributed by atoms with Crippen molar-refractivity contribution in [3.8, 4) is 5.75 Å². The van der Waals surface area contributed by atoms with Crippen LogP contribution in [0.3, 0.4) is 0 Å². The molecule has 0 radical (unpaired) electrons. The van der Waals surface area contributed by atoms with E-state index in [0.717, 1.165) is 17.3 Å². The zero-order valence-electron chi connectivity index (χ0n) is 9.63. The minimum atomic E-state index is -0.354. The predicted molar refractivity (Wildman–Crippen MR) is 70.0 cm³/mol. The van der Waals surface area contributed by atoms with Crippen molar-refractivity contribution in [2.45, 2.75) is 12.8 Å². The lowest BCUT2D eigenvalue weighted by Crippen LogP contribution is -2.30. The Morgan fingerprint density at radius 3 is 2.82 bits per heavy atom. The second kappa shape index (κ2) is 4.66. The summed E-state index contributed by atoms with van der Waals surface area (Å²) in [5.74, 6) is 0.630. The molecule has 0 saturated heterocycles. The van der Waals surface area contributed by atoms with Gasteiger partial charge in [0.2, 0.25) is 5.91 Å². The Labute approximate surface area is 109 Å². The topological polar surface area (TPSA) is 64.3 Å². The van der Waals surface area contributed by atoms with E-state index in [4.69, 9.17) is 10.5 Å². The highest BCUT2D eigenvalue weighted by molar-refractivity contribution is 9.10. The van der Waals surface area contributed by atoms with Crippen LogP contribution in [0, 0.1) is 5.41 Å². The summed E-state index contributed by atoms with van der Waals surface area (Å²) in [6.07, 6.45) is 1.73. The average Bonchev–Trinajstić information content (AvgIpc) is 3.10. The van der Waals surface area contributed by atoms with Gasteiger partial charge in [-0.25, -0.2) is 0 Å². The molecule has 0 unspecified atom stereocenters. The van der Waals surface area contributed by atoms with Gasteiger partial charge in [0.15, 0.2) is 0 Å². The van der Waals surface area contributed by atoms with E-state index < -0.39 is 0 Å². The summed E-state index contributed by atoms with van der Waals surface area (Å²) in [5, 5.41) is 2.88. The molecule has 17 heavy (non-hydrogen) atoms. The van der Waals surface area contributed by atoms with Crippen molar-refractivity contribution in [2.75, 3.05) is 19.0 Å². The van der Waals surface area contributed by atoms with Gasteiger partial charge in [0.25, 0.3) is 0 Å². The maximum absolute atomic E-state index is 12.0. The van der Waals surface area contributed by atoms with Crippen LogP contribution in [0.15, 0.2) is 22.7 Å². The molecule has 1 fully saturated rings. The standard InChI is InChI=1S/C12H15BrN2O2/c1-17-10-3-2-8(13)6-9(10)15-11(16)12(7-14)4-5-12/h2-3,6H,4-5,7,14H2,1H3,(H,15,16). The van der Waals surface area contributed by atoms with Crippen LogP contribution in [-0.4, -0.2) is 19.6 Å². The first-order valence-corrected chi connectivity index (χ1v) is 6.26. The van der Waals surface area contributed by atoms with Crippen LogP contribution in [-0.2, 0) is 4.79 Å². The molecule has 5 heteroatoms. The number of methoxy groups -OCH3 is 1. The van der Waals surface area contributed by atoms with Crippen LogP contribution in [0.1, 0.15) is 12.8 Å². The number of ether oxygens (including phenoxy) is 1. The highest BCUT2D eigenvalue weighted by Crippen LogP contribution is 2.45. The van der Waals surface area contributed by atoms with E-state index in [2.05, 4.69) is 21.2 Å². The number of rotatable bonds is 4. The molecule has 0 atom stereocenters. The Balaban J connectivity index is 2.18. The first kappa shape index (κ1) is 12.4. The number of amides is 1. The van der Waals surface area contributed by atoms with Crippen molar-refractivity contribution in [1.82, 2.24) is 0 Å². The summed E-state index contributed by atoms with van der Waals surface area (Å²) in [4.78, 5) is 12.0. The van der Waals surface area contributed by atoms with Crippen LogP contribution in [0.4, 0.5) is 5.69 Å². The Morgan fingerprint density at radius 2 is 2.29 bits per heavy atom. The number of hydrogen-bond acceptors (Lipinski definition) is 3. The number of halogens is 1. The Bertz CT molecular complexity index is 444. The third-order valence-electron chi connectivity index (χ3n) is 3.14. The van der Waals surface area contributed by atoms with Crippen molar-refractivity contribution in [2.24, 2.45) is 11.1 Å². The van der Waals surface area contributed by atoms with Crippen LogP contribution in [0.25, 0.3) is 0 Å². The van der Waals surface area contributed by atoms with Gasteiger partial charge in [-0.2, -0.15) is 0 Å². The monoisotopic (exact) mass is 298 g/mol. The predicted octanol–water partition coefficient (Wildman–Crippen LogP) is 2.14. The molecule has 1 aromatic carbocycles. The zero-order valence-corrected chi connectivity index (χ0v) is 11.2. The summed E-state index contributed by atoms with van der Waals surface area (Å²) in [6.45, 7) is 0.398. The number of nitrogens with one attached hydrogen (secondary N) is 1. The van der Waals surface area contributed by atoms with E-state index in [1.165, 1.54) is 0 Å². The number of anilines is 1. The number of carbonyl (C=O) groups excluding carboxylic acids is 1. The minimum Gasteiger partial charge on any atom is -0.495 e. The number of nitrogens with two attached hydrogens (primary N) is 1. The lowest BCUT2D eigenvalue weighted by atomic mass is 10.1. The second-order valence-electron chi connectivity index (χ2n) is 4.28. The largest absolute Gasteiger partial charge is 0.495 e. The Morgan fingerprint density at radius 1 is 1.59 bits per heavy atom. The zero-order chi connectivity index (χ0) is 12.5. The fourth-order valence-electron chi connectivity index (χ4n) is 1.71. The van der Waals surface area contributed by atoms with Gasteiger partial charge in [-0.1, -0.05) is 15.9 Å². The molecule has 0 heterocycles. The van der Waals surface area contributed by atoms with Crippen LogP contribution in [0.5, 0.6) is 5.75 Å². The van der Waals surface area contributed by atoms with Crippen molar-refractivity contribution in [3.05, 3.63) is 22.7 Å². The number of benzene rings is 1. The van der Waals surface area contributed by atoms with E-state index >= 15 is 0 Å². The summed E-state index contributed by atoms with van der Waals surface area (Å²) in [5.41, 5.74) is 5.94. The van der Waals surface area contributed by atoms with Crippen LogP contribution in [0.2, 0.25) is 0 Å². The van der Waals surface area contributed by atoms with Gasteiger partial charge in [-0.15, -0.1) is 0 Å². The molecule has 0 bridgehead atoms. The SMILES string of the molecule is COc1ccc(Br)cc1NC(=O)C1(CN)CC1. The minimum absolute atomic E-state index is 0.0172. The molecule has 92 valence electrons. The Kier molecular flexibility index (Phi) is 3.40. The lowest BCUT2D eigenvalue weighted by molar-refractivity contribution is -0.120. The van der Waals surface area contributed by atoms with Gasteiger partial charge in [0.1, 0.15) is 5.75 Å². The maximum atomic E-state index is 12.0. The first-order valence-electron chi connectivity index (χ1n) is 5.46. The fraction of sp³-hybridized carbons (Fsp3) is 0.417.